The Kier molecular flexibility index (Phi) is 4.80. The van der Waals surface area contributed by atoms with E-state index in [-0.39, 0.29) is 18.9 Å². The lowest BCUT2D eigenvalue weighted by atomic mass is 10.00. The van der Waals surface area contributed by atoms with Crippen molar-refractivity contribution in [2.45, 2.75) is 31.8 Å². The maximum absolute atomic E-state index is 12.5. The van der Waals surface area contributed by atoms with Gasteiger partial charge in [0.1, 0.15) is 17.0 Å². The summed E-state index contributed by atoms with van der Waals surface area (Å²) in [5, 5.41) is 20.8. The van der Waals surface area contributed by atoms with Crippen molar-refractivity contribution in [3.63, 3.8) is 0 Å². The van der Waals surface area contributed by atoms with Crippen LogP contribution in [0.5, 0.6) is 5.75 Å². The number of carbonyl (C=O) groups excluding carboxylic acids is 1. The van der Waals surface area contributed by atoms with Crippen LogP contribution in [-0.4, -0.2) is 51.0 Å². The monoisotopic (exact) mass is 330 g/mol. The number of rotatable bonds is 6. The highest BCUT2D eigenvalue weighted by Crippen LogP contribution is 2.30. The maximum atomic E-state index is 12.5. The van der Waals surface area contributed by atoms with Gasteiger partial charge in [0.25, 0.3) is 0 Å². The van der Waals surface area contributed by atoms with Gasteiger partial charge in [0, 0.05) is 13.0 Å². The number of benzene rings is 1. The van der Waals surface area contributed by atoms with Crippen LogP contribution in [0.2, 0.25) is 0 Å². The normalized spacial score (nSPS) is 20.3. The Morgan fingerprint density at radius 1 is 1.50 bits per heavy atom. The van der Waals surface area contributed by atoms with E-state index in [1.165, 1.54) is 6.20 Å². The van der Waals surface area contributed by atoms with E-state index in [1.54, 1.807) is 4.90 Å². The molecule has 0 aliphatic carbocycles. The van der Waals surface area contributed by atoms with E-state index in [2.05, 4.69) is 22.3 Å². The van der Waals surface area contributed by atoms with Crippen molar-refractivity contribution in [3.05, 3.63) is 41.7 Å². The molecule has 0 saturated carbocycles. The number of nitrogens with zero attached hydrogens (tertiary/aromatic N) is 3. The van der Waals surface area contributed by atoms with Gasteiger partial charge in [-0.2, -0.15) is 15.4 Å². The Hall–Kier alpha value is -2.41. The quantitative estimate of drug-likeness (QED) is 0.832. The first-order valence-electron chi connectivity index (χ1n) is 8.19. The van der Waals surface area contributed by atoms with E-state index in [0.717, 1.165) is 17.7 Å². The van der Waals surface area contributed by atoms with Gasteiger partial charge in [-0.25, -0.2) is 0 Å². The van der Waals surface area contributed by atoms with Crippen LogP contribution in [0.3, 0.4) is 0 Å². The SMILES string of the molecule is CCCOc1cccc(CC(=O)N2CCC(O)(c3cn[nH]n3)C2)c1. The number of hydrogen-bond donors (Lipinski definition) is 2. The molecule has 7 heteroatoms. The first-order valence-corrected chi connectivity index (χ1v) is 8.19. The molecule has 1 aromatic heterocycles. The van der Waals surface area contributed by atoms with Crippen LogP contribution in [0, 0.1) is 0 Å². The van der Waals surface area contributed by atoms with E-state index in [4.69, 9.17) is 4.74 Å². The molecule has 1 unspecified atom stereocenters. The molecule has 24 heavy (non-hydrogen) atoms. The van der Waals surface area contributed by atoms with Gasteiger partial charge < -0.3 is 14.7 Å². The molecule has 3 rings (SSSR count). The second kappa shape index (κ2) is 7.00. The minimum absolute atomic E-state index is 0.0120. The summed E-state index contributed by atoms with van der Waals surface area (Å²) >= 11 is 0. The van der Waals surface area contributed by atoms with Gasteiger partial charge in [-0.15, -0.1) is 0 Å². The lowest BCUT2D eigenvalue weighted by Crippen LogP contribution is -2.35. The first-order chi connectivity index (χ1) is 11.6. The van der Waals surface area contributed by atoms with Crippen molar-refractivity contribution in [2.24, 2.45) is 0 Å². The largest absolute Gasteiger partial charge is 0.494 e. The summed E-state index contributed by atoms with van der Waals surface area (Å²) in [6.45, 7) is 3.46. The Bertz CT molecular complexity index is 689. The van der Waals surface area contributed by atoms with Crippen LogP contribution < -0.4 is 4.74 Å². The van der Waals surface area contributed by atoms with E-state index in [1.807, 2.05) is 24.3 Å². The summed E-state index contributed by atoms with van der Waals surface area (Å²) in [6, 6.07) is 7.59. The Morgan fingerprint density at radius 3 is 3.12 bits per heavy atom. The number of aromatic nitrogens is 3. The van der Waals surface area contributed by atoms with E-state index in [9.17, 15) is 9.90 Å². The second-order valence-corrected chi connectivity index (χ2v) is 6.12. The Balaban J connectivity index is 1.62. The molecule has 1 fully saturated rings. The molecule has 2 heterocycles. The lowest BCUT2D eigenvalue weighted by Gasteiger charge is -2.21. The van der Waals surface area contributed by atoms with Gasteiger partial charge >= 0.3 is 0 Å². The molecule has 0 radical (unpaired) electrons. The molecule has 1 aliphatic heterocycles. The molecule has 1 amide bonds. The Labute approximate surface area is 140 Å². The average molecular weight is 330 g/mol. The number of carbonyl (C=O) groups is 1. The van der Waals surface area contributed by atoms with Crippen LogP contribution in [0.4, 0.5) is 0 Å². The van der Waals surface area contributed by atoms with Crippen molar-refractivity contribution in [3.8, 4) is 5.75 Å². The standard InChI is InChI=1S/C17H22N4O3/c1-2-8-24-14-5-3-4-13(9-14)10-16(22)21-7-6-17(23,12-21)15-11-18-20-19-15/h3-5,9,11,23H,2,6-8,10,12H2,1H3,(H,18,19,20). The van der Waals surface area contributed by atoms with E-state index >= 15 is 0 Å². The van der Waals surface area contributed by atoms with Crippen molar-refractivity contribution in [1.82, 2.24) is 20.3 Å². The van der Waals surface area contributed by atoms with Gasteiger partial charge in [-0.1, -0.05) is 19.1 Å². The minimum atomic E-state index is -1.12. The molecule has 1 aliphatic rings. The number of likely N-dealkylation sites (tertiary alicyclic amines) is 1. The van der Waals surface area contributed by atoms with E-state index < -0.39 is 5.60 Å². The number of aromatic amines is 1. The third kappa shape index (κ3) is 3.56. The van der Waals surface area contributed by atoms with Crippen LogP contribution in [-0.2, 0) is 16.8 Å². The molecule has 7 nitrogen and oxygen atoms in total. The predicted octanol–water partition coefficient (Wildman–Crippen LogP) is 1.26. The second-order valence-electron chi connectivity index (χ2n) is 6.12. The van der Waals surface area contributed by atoms with Crippen molar-refractivity contribution in [2.75, 3.05) is 19.7 Å². The van der Waals surface area contributed by atoms with Crippen molar-refractivity contribution in [1.29, 1.82) is 0 Å². The Morgan fingerprint density at radius 2 is 2.38 bits per heavy atom. The van der Waals surface area contributed by atoms with Gasteiger partial charge in [0.2, 0.25) is 5.91 Å². The van der Waals surface area contributed by atoms with Gasteiger partial charge in [0.15, 0.2) is 0 Å². The number of β-amino-alcohol motifs (C(OH)–C–C–N with tert-alkyl or cyclic N) is 1. The zero-order chi connectivity index (χ0) is 17.0. The number of nitrogens with one attached hydrogen (secondary N) is 1. The molecular formula is C17H22N4O3. The first kappa shape index (κ1) is 16.4. The average Bonchev–Trinajstić information content (AvgIpc) is 3.24. The highest BCUT2D eigenvalue weighted by atomic mass is 16.5. The highest BCUT2D eigenvalue weighted by Gasteiger charge is 2.41. The number of amides is 1. The number of aliphatic hydroxyl groups is 1. The summed E-state index contributed by atoms with van der Waals surface area (Å²) in [7, 11) is 0. The summed E-state index contributed by atoms with van der Waals surface area (Å²) in [6.07, 6.45) is 3.20. The molecular weight excluding hydrogens is 308 g/mol. The summed E-state index contributed by atoms with van der Waals surface area (Å²) < 4.78 is 5.60. The highest BCUT2D eigenvalue weighted by molar-refractivity contribution is 5.79. The zero-order valence-electron chi connectivity index (χ0n) is 13.7. The van der Waals surface area contributed by atoms with Crippen LogP contribution >= 0.6 is 0 Å². The summed E-state index contributed by atoms with van der Waals surface area (Å²) in [5.74, 6) is 0.768. The third-order valence-electron chi connectivity index (χ3n) is 4.22. The fourth-order valence-electron chi connectivity index (χ4n) is 2.89. The molecule has 1 atom stereocenters. The number of ether oxygens (including phenoxy) is 1. The topological polar surface area (TPSA) is 91.3 Å². The zero-order valence-corrected chi connectivity index (χ0v) is 13.7. The third-order valence-corrected chi connectivity index (χ3v) is 4.22. The van der Waals surface area contributed by atoms with E-state index in [0.29, 0.717) is 25.3 Å². The van der Waals surface area contributed by atoms with Crippen LogP contribution in [0.25, 0.3) is 0 Å². The van der Waals surface area contributed by atoms with Crippen LogP contribution in [0.15, 0.2) is 30.5 Å². The molecule has 0 bridgehead atoms. The van der Waals surface area contributed by atoms with Gasteiger partial charge in [0.05, 0.1) is 25.8 Å². The fourth-order valence-corrected chi connectivity index (χ4v) is 2.89. The van der Waals surface area contributed by atoms with Gasteiger partial charge in [-0.05, 0) is 24.1 Å². The summed E-state index contributed by atoms with van der Waals surface area (Å²) in [5.41, 5.74) is 0.271. The van der Waals surface area contributed by atoms with Crippen LogP contribution in [0.1, 0.15) is 31.0 Å². The van der Waals surface area contributed by atoms with Crippen molar-refractivity contribution < 1.29 is 14.6 Å². The molecule has 128 valence electrons. The predicted molar refractivity (Wildman–Crippen MR) is 87.4 cm³/mol. The number of H-pyrrole nitrogens is 1. The molecule has 2 aromatic rings. The smallest absolute Gasteiger partial charge is 0.227 e. The fraction of sp³-hybridized carbons (Fsp3) is 0.471. The maximum Gasteiger partial charge on any atom is 0.227 e. The molecule has 0 spiro atoms. The minimum Gasteiger partial charge on any atom is -0.494 e. The van der Waals surface area contributed by atoms with Gasteiger partial charge in [-0.3, -0.25) is 4.79 Å². The lowest BCUT2D eigenvalue weighted by molar-refractivity contribution is -0.130. The molecule has 1 aromatic carbocycles. The molecule has 2 N–H and O–H groups in total. The van der Waals surface area contributed by atoms with Crippen molar-refractivity contribution >= 4 is 5.91 Å². The summed E-state index contributed by atoms with van der Waals surface area (Å²) in [4.78, 5) is 14.2. The number of hydrogen-bond acceptors (Lipinski definition) is 5. The molecule has 1 saturated heterocycles.